The number of hydrogen-bond donors (Lipinski definition) is 2. The number of nitro groups is 3. The maximum absolute atomic E-state index is 12.2. The molecule has 0 spiro atoms. The Balaban J connectivity index is 1.64. The lowest BCUT2D eigenvalue weighted by molar-refractivity contribution is -0.782. The Labute approximate surface area is 184 Å². The molecule has 2 amide bonds. The van der Waals surface area contributed by atoms with Crippen LogP contribution >= 0.6 is 0 Å². The zero-order chi connectivity index (χ0) is 24.1. The van der Waals surface area contributed by atoms with Gasteiger partial charge in [-0.1, -0.05) is 12.1 Å². The van der Waals surface area contributed by atoms with Gasteiger partial charge in [0.25, 0.3) is 23.3 Å². The predicted octanol–water partition coefficient (Wildman–Crippen LogP) is 3.13. The molecule has 170 valence electrons. The van der Waals surface area contributed by atoms with Crippen LogP contribution < -0.4 is 15.3 Å². The Bertz CT molecular complexity index is 1220. The molecular weight excluding hydrogens is 442 g/mol. The van der Waals surface area contributed by atoms with Gasteiger partial charge in [-0.25, -0.2) is 4.79 Å². The second kappa shape index (κ2) is 9.46. The van der Waals surface area contributed by atoms with Crippen LogP contribution in [0.1, 0.15) is 18.5 Å². The predicted molar refractivity (Wildman–Crippen MR) is 111 cm³/mol. The van der Waals surface area contributed by atoms with Crippen LogP contribution in [-0.2, 0) is 6.42 Å². The number of carbonyl (C=O) groups is 1. The first kappa shape index (κ1) is 22.7. The van der Waals surface area contributed by atoms with Crippen molar-refractivity contribution < 1.29 is 28.8 Å². The van der Waals surface area contributed by atoms with E-state index in [2.05, 4.69) is 15.9 Å². The molecule has 0 fully saturated rings. The average Bonchev–Trinajstić information content (AvgIpc) is 3.22. The summed E-state index contributed by atoms with van der Waals surface area (Å²) in [5.74, 6) is -0.0624. The van der Waals surface area contributed by atoms with Crippen LogP contribution in [0.2, 0.25) is 0 Å². The molecule has 1 aromatic heterocycles. The van der Waals surface area contributed by atoms with Crippen LogP contribution in [0, 0.1) is 30.3 Å². The number of benzene rings is 2. The van der Waals surface area contributed by atoms with Crippen LogP contribution in [0.5, 0.6) is 0 Å². The van der Waals surface area contributed by atoms with Crippen molar-refractivity contribution in [1.82, 2.24) is 5.27 Å². The molecule has 0 aliphatic carbocycles. The monoisotopic (exact) mass is 458 g/mol. The summed E-state index contributed by atoms with van der Waals surface area (Å²) in [4.78, 5) is 42.8. The third kappa shape index (κ3) is 5.60. The first-order valence-corrected chi connectivity index (χ1v) is 9.26. The number of hydrogen-bond acceptors (Lipinski definition) is 9. The van der Waals surface area contributed by atoms with E-state index in [4.69, 9.17) is 4.52 Å². The lowest BCUT2D eigenvalue weighted by Gasteiger charge is -2.05. The van der Waals surface area contributed by atoms with Crippen LogP contribution in [0.25, 0.3) is 0 Å². The van der Waals surface area contributed by atoms with Gasteiger partial charge in [-0.15, -0.1) is 0 Å². The van der Waals surface area contributed by atoms with Crippen LogP contribution in [-0.4, -0.2) is 26.1 Å². The molecule has 15 nitrogen and oxygen atoms in total. The number of amides is 2. The highest BCUT2D eigenvalue weighted by Gasteiger charge is 2.24. The molecule has 0 aliphatic rings. The third-order valence-electron chi connectivity index (χ3n) is 4.49. The summed E-state index contributed by atoms with van der Waals surface area (Å²) in [6, 6.07) is 7.71. The standard InChI is InChI=1S/C18H15N7O8/c1-11(8-12-2-4-13(5-3-12)23(27)28)22-10-17(33-21-22)20-18(26)19-15-7-6-14(24(29)30)9-16(15)25(31)32/h2-7,9-11H,8H2,1H3,(H-,19,20,21,26)/p+1. The Hall–Kier alpha value is -4.95. The summed E-state index contributed by atoms with van der Waals surface area (Å²) in [5.41, 5.74) is -0.593. The molecule has 2 N–H and O–H groups in total. The zero-order valence-electron chi connectivity index (χ0n) is 16.9. The number of aromatic nitrogens is 2. The molecule has 15 heteroatoms. The molecule has 33 heavy (non-hydrogen) atoms. The molecule has 1 unspecified atom stereocenters. The minimum atomic E-state index is -0.890. The van der Waals surface area contributed by atoms with E-state index in [-0.39, 0.29) is 23.3 Å². The van der Waals surface area contributed by atoms with E-state index >= 15 is 0 Å². The summed E-state index contributed by atoms with van der Waals surface area (Å²) in [6.45, 7) is 1.81. The first-order valence-electron chi connectivity index (χ1n) is 9.26. The van der Waals surface area contributed by atoms with E-state index in [1.165, 1.54) is 23.0 Å². The highest BCUT2D eigenvalue weighted by Crippen LogP contribution is 2.29. The van der Waals surface area contributed by atoms with E-state index in [0.29, 0.717) is 6.42 Å². The maximum Gasteiger partial charge on any atom is 0.326 e. The number of non-ortho nitro benzene ring substituents is 2. The summed E-state index contributed by atoms with van der Waals surface area (Å²) in [6.07, 6.45) is 1.86. The van der Waals surface area contributed by atoms with Crippen LogP contribution in [0.15, 0.2) is 53.2 Å². The van der Waals surface area contributed by atoms with Crippen molar-refractivity contribution in [2.75, 3.05) is 10.6 Å². The lowest BCUT2D eigenvalue weighted by Crippen LogP contribution is -2.40. The molecule has 0 radical (unpaired) electrons. The molecule has 0 saturated carbocycles. The van der Waals surface area contributed by atoms with Gasteiger partial charge in [0.05, 0.1) is 20.8 Å². The SMILES string of the molecule is CC(Cc1ccc([N+](=O)[O-])cc1)[n+]1cc(NC(=O)Nc2ccc([N+](=O)[O-])cc2[N+](=O)[O-])on1. The van der Waals surface area contributed by atoms with Crippen molar-refractivity contribution in [3.05, 3.63) is 84.6 Å². The zero-order valence-corrected chi connectivity index (χ0v) is 16.9. The van der Waals surface area contributed by atoms with E-state index in [0.717, 1.165) is 23.8 Å². The number of urea groups is 1. The van der Waals surface area contributed by atoms with Gasteiger partial charge in [0.15, 0.2) is 6.04 Å². The quantitative estimate of drug-likeness (QED) is 0.289. The molecule has 2 aromatic carbocycles. The molecule has 0 bridgehead atoms. The fourth-order valence-electron chi connectivity index (χ4n) is 2.87. The van der Waals surface area contributed by atoms with Gasteiger partial charge in [0.2, 0.25) is 5.27 Å². The van der Waals surface area contributed by atoms with E-state index in [1.807, 2.05) is 6.92 Å². The smallest absolute Gasteiger partial charge is 0.302 e. The lowest BCUT2D eigenvalue weighted by atomic mass is 10.1. The number of nitro benzene ring substituents is 3. The van der Waals surface area contributed by atoms with Gasteiger partial charge in [-0.05, 0) is 16.3 Å². The number of nitrogens with one attached hydrogen (secondary N) is 2. The van der Waals surface area contributed by atoms with Gasteiger partial charge in [0, 0.05) is 31.5 Å². The first-order chi connectivity index (χ1) is 15.6. The van der Waals surface area contributed by atoms with E-state index in [1.54, 1.807) is 12.1 Å². The van der Waals surface area contributed by atoms with Crippen LogP contribution in [0.3, 0.4) is 0 Å². The molecule has 3 rings (SSSR count). The van der Waals surface area contributed by atoms with Gasteiger partial charge < -0.3 is 5.32 Å². The van der Waals surface area contributed by atoms with Gasteiger partial charge >= 0.3 is 11.9 Å². The summed E-state index contributed by atoms with van der Waals surface area (Å²) < 4.78 is 6.46. The fraction of sp³-hybridized carbons (Fsp3) is 0.167. The molecule has 1 heterocycles. The van der Waals surface area contributed by atoms with Crippen molar-refractivity contribution >= 4 is 34.7 Å². The van der Waals surface area contributed by atoms with Crippen molar-refractivity contribution in [2.45, 2.75) is 19.4 Å². The number of carbonyl (C=O) groups excluding carboxylic acids is 1. The Morgan fingerprint density at radius 3 is 2.24 bits per heavy atom. The third-order valence-corrected chi connectivity index (χ3v) is 4.49. The number of anilines is 2. The normalized spacial score (nSPS) is 11.4. The van der Waals surface area contributed by atoms with Crippen molar-refractivity contribution in [3.8, 4) is 0 Å². The summed E-state index contributed by atoms with van der Waals surface area (Å²) in [5, 5.41) is 41.1. The van der Waals surface area contributed by atoms with Gasteiger partial charge in [-0.3, -0.25) is 40.2 Å². The van der Waals surface area contributed by atoms with E-state index < -0.39 is 32.2 Å². The average molecular weight is 458 g/mol. The largest absolute Gasteiger partial charge is 0.326 e. The van der Waals surface area contributed by atoms with Crippen LogP contribution in [0.4, 0.5) is 33.4 Å². The minimum Gasteiger partial charge on any atom is -0.302 e. The van der Waals surface area contributed by atoms with Gasteiger partial charge in [-0.2, -0.15) is 0 Å². The second-order valence-corrected chi connectivity index (χ2v) is 6.82. The van der Waals surface area contributed by atoms with Crippen molar-refractivity contribution in [3.63, 3.8) is 0 Å². The van der Waals surface area contributed by atoms with Crippen molar-refractivity contribution in [1.29, 1.82) is 0 Å². The maximum atomic E-state index is 12.2. The fourth-order valence-corrected chi connectivity index (χ4v) is 2.87. The number of nitrogens with zero attached hydrogens (tertiary/aromatic N) is 5. The highest BCUT2D eigenvalue weighted by molar-refractivity contribution is 6.00. The Kier molecular flexibility index (Phi) is 6.52. The number of rotatable bonds is 8. The molecule has 1 atom stereocenters. The molecule has 0 saturated heterocycles. The van der Waals surface area contributed by atoms with Crippen molar-refractivity contribution in [2.24, 2.45) is 0 Å². The Morgan fingerprint density at radius 1 is 1.00 bits per heavy atom. The Morgan fingerprint density at radius 2 is 1.64 bits per heavy atom. The molecular formula is C18H16N7O8+. The molecule has 3 aromatic rings. The molecule has 0 aliphatic heterocycles. The summed E-state index contributed by atoms with van der Waals surface area (Å²) >= 11 is 0. The topological polar surface area (TPSA) is 200 Å². The highest BCUT2D eigenvalue weighted by atomic mass is 16.6. The summed E-state index contributed by atoms with van der Waals surface area (Å²) in [7, 11) is 0. The van der Waals surface area contributed by atoms with Gasteiger partial charge in [0.1, 0.15) is 5.69 Å². The second-order valence-electron chi connectivity index (χ2n) is 6.82. The minimum absolute atomic E-state index is 0.0220. The van der Waals surface area contributed by atoms with E-state index in [9.17, 15) is 35.1 Å².